The topological polar surface area (TPSA) is 99.6 Å². The van der Waals surface area contributed by atoms with Crippen LogP contribution in [0.25, 0.3) is 54.3 Å². The first-order chi connectivity index (χ1) is 22.8. The van der Waals surface area contributed by atoms with Gasteiger partial charge in [0.1, 0.15) is 0 Å². The fourth-order valence-corrected chi connectivity index (χ4v) is 5.60. The Kier molecular flexibility index (Phi) is 12.8. The minimum absolute atomic E-state index is 0. The number of aldehydes is 1. The standard InChI is InChI=1S/C19H19N5.C18H16N4O.2CH4/c1-13-7-17-16(8-14(13)5-6-20-2)15(10-21-3)9-18(23-17)19-11-22-12-24(19)4;1-12-6-16-15(7-13(12)4-5-19-2)14(10-23)8-17(21-16)18-9-20-11-22(18)3;;/h7-12H,5-6H2,1,3-4H3;6-11H,4-5H2,1,3H3;2*1H4. The molecule has 0 aliphatic carbocycles. The van der Waals surface area contributed by atoms with Crippen LogP contribution in [0.4, 0.5) is 0 Å². The summed E-state index contributed by atoms with van der Waals surface area (Å²) in [7, 11) is 5.62. The number of hydrogen-bond acceptors (Lipinski definition) is 6. The second-order valence-electron chi connectivity index (χ2n) is 11.3. The predicted molar refractivity (Wildman–Crippen MR) is 200 cm³/mol. The highest BCUT2D eigenvalue weighted by molar-refractivity contribution is 6.00. The highest BCUT2D eigenvalue weighted by atomic mass is 16.1. The van der Waals surface area contributed by atoms with Crippen molar-refractivity contribution < 1.29 is 4.79 Å². The maximum Gasteiger partial charge on any atom is 0.218 e. The SMILES string of the molecule is C.C.[C-]#[N+]CCc1cc2c(C=NC)cc(-c3cncn3C)nc2cc1C.[C-]#[N+]CCc1cc2c(C=O)cc(-c3cncn3C)nc2cc1C. The van der Waals surface area contributed by atoms with Gasteiger partial charge in [-0.05, 0) is 72.5 Å². The van der Waals surface area contributed by atoms with Crippen LogP contribution in [0, 0.1) is 27.0 Å². The fraction of sp³-hybridized carbons (Fsp3) is 0.282. The van der Waals surface area contributed by atoms with Crippen molar-refractivity contribution in [1.29, 1.82) is 0 Å². The van der Waals surface area contributed by atoms with Crippen molar-refractivity contribution in [2.24, 2.45) is 19.1 Å². The number of rotatable bonds is 8. The van der Waals surface area contributed by atoms with Crippen LogP contribution in [-0.4, -0.2) is 61.7 Å². The van der Waals surface area contributed by atoms with Crippen molar-refractivity contribution in [3.05, 3.63) is 118 Å². The van der Waals surface area contributed by atoms with E-state index in [0.29, 0.717) is 25.1 Å². The molecule has 0 N–H and O–H groups in total. The van der Waals surface area contributed by atoms with Crippen molar-refractivity contribution in [3.8, 4) is 22.8 Å². The van der Waals surface area contributed by atoms with Gasteiger partial charge < -0.3 is 18.8 Å². The first-order valence-corrected chi connectivity index (χ1v) is 15.1. The molecule has 250 valence electrons. The Balaban J connectivity index is 0.000000255. The van der Waals surface area contributed by atoms with Gasteiger partial charge >= 0.3 is 0 Å². The summed E-state index contributed by atoms with van der Waals surface area (Å²) in [6.07, 6.45) is 11.2. The largest absolute Gasteiger partial charge is 0.332 e. The van der Waals surface area contributed by atoms with Gasteiger partial charge in [-0.15, -0.1) is 0 Å². The summed E-state index contributed by atoms with van der Waals surface area (Å²) in [6.45, 7) is 19.0. The van der Waals surface area contributed by atoms with Crippen molar-refractivity contribution >= 4 is 34.3 Å². The van der Waals surface area contributed by atoms with Crippen molar-refractivity contribution in [2.45, 2.75) is 41.5 Å². The zero-order chi connectivity index (χ0) is 33.5. The predicted octanol–water partition coefficient (Wildman–Crippen LogP) is 7.94. The minimum Gasteiger partial charge on any atom is -0.332 e. The molecule has 4 aromatic heterocycles. The maximum atomic E-state index is 11.5. The van der Waals surface area contributed by atoms with E-state index in [4.69, 9.17) is 18.1 Å². The van der Waals surface area contributed by atoms with Crippen LogP contribution >= 0.6 is 0 Å². The molecule has 10 heteroatoms. The number of carbonyl (C=O) groups excluding carboxylic acids is 1. The summed E-state index contributed by atoms with van der Waals surface area (Å²) in [5, 5.41) is 1.90. The third-order valence-electron chi connectivity index (χ3n) is 8.14. The van der Waals surface area contributed by atoms with Gasteiger partial charge in [-0.3, -0.25) is 9.79 Å². The molecular formula is C39H43N9O. The number of aliphatic imine (C=N–C) groups is 1. The van der Waals surface area contributed by atoms with Crippen LogP contribution in [0.3, 0.4) is 0 Å². The monoisotopic (exact) mass is 653 g/mol. The Hall–Kier alpha value is -6.00. The second-order valence-corrected chi connectivity index (χ2v) is 11.3. The molecular weight excluding hydrogens is 610 g/mol. The Labute approximate surface area is 288 Å². The lowest BCUT2D eigenvalue weighted by Gasteiger charge is -2.11. The van der Waals surface area contributed by atoms with Gasteiger partial charge in [-0.25, -0.2) is 33.1 Å². The molecule has 49 heavy (non-hydrogen) atoms. The summed E-state index contributed by atoms with van der Waals surface area (Å²) >= 11 is 0. The summed E-state index contributed by atoms with van der Waals surface area (Å²) < 4.78 is 3.83. The number of benzene rings is 2. The van der Waals surface area contributed by atoms with Crippen LogP contribution in [-0.2, 0) is 26.9 Å². The quantitative estimate of drug-likeness (QED) is 0.0943. The van der Waals surface area contributed by atoms with E-state index in [1.54, 1.807) is 32.0 Å². The summed E-state index contributed by atoms with van der Waals surface area (Å²) in [6, 6.07) is 12.1. The normalized spacial score (nSPS) is 10.5. The van der Waals surface area contributed by atoms with E-state index in [1.807, 2.05) is 60.8 Å². The summed E-state index contributed by atoms with van der Waals surface area (Å²) in [5.41, 5.74) is 11.3. The van der Waals surface area contributed by atoms with Crippen LogP contribution in [0.1, 0.15) is 53.0 Å². The molecule has 0 saturated heterocycles. The first kappa shape index (κ1) is 37.5. The average Bonchev–Trinajstić information content (AvgIpc) is 3.70. The molecule has 4 heterocycles. The minimum atomic E-state index is 0. The van der Waals surface area contributed by atoms with Gasteiger partial charge in [-0.1, -0.05) is 14.9 Å². The number of aryl methyl sites for hydroxylation is 4. The number of pyridine rings is 2. The highest BCUT2D eigenvalue weighted by Gasteiger charge is 2.14. The fourth-order valence-electron chi connectivity index (χ4n) is 5.60. The van der Waals surface area contributed by atoms with E-state index in [1.165, 1.54) is 11.1 Å². The second kappa shape index (κ2) is 16.7. The molecule has 6 rings (SSSR count). The van der Waals surface area contributed by atoms with Crippen molar-refractivity contribution in [2.75, 3.05) is 20.1 Å². The number of carbonyl (C=O) groups is 1. The van der Waals surface area contributed by atoms with E-state index in [0.717, 1.165) is 74.0 Å². The molecule has 0 aliphatic rings. The summed E-state index contributed by atoms with van der Waals surface area (Å²) in [5.74, 6) is 0. The Morgan fingerprint density at radius 1 is 0.735 bits per heavy atom. The van der Waals surface area contributed by atoms with Crippen LogP contribution in [0.15, 0.2) is 66.4 Å². The van der Waals surface area contributed by atoms with E-state index < -0.39 is 0 Å². The molecule has 0 atom stereocenters. The molecule has 2 aromatic carbocycles. The number of aromatic nitrogens is 6. The van der Waals surface area contributed by atoms with Gasteiger partial charge in [-0.2, -0.15) is 0 Å². The third-order valence-corrected chi connectivity index (χ3v) is 8.14. The Morgan fingerprint density at radius 3 is 1.57 bits per heavy atom. The van der Waals surface area contributed by atoms with Gasteiger partial charge in [0.15, 0.2) is 6.29 Å². The zero-order valence-corrected chi connectivity index (χ0v) is 27.2. The molecule has 0 amide bonds. The van der Waals surface area contributed by atoms with Gasteiger partial charge in [0.05, 0.1) is 58.9 Å². The number of hydrogen-bond donors (Lipinski definition) is 0. The molecule has 0 spiro atoms. The summed E-state index contributed by atoms with van der Waals surface area (Å²) in [4.78, 5) is 40.4. The highest BCUT2D eigenvalue weighted by Crippen LogP contribution is 2.28. The van der Waals surface area contributed by atoms with Gasteiger partial charge in [0.2, 0.25) is 13.1 Å². The van der Waals surface area contributed by atoms with Crippen LogP contribution < -0.4 is 0 Å². The molecule has 0 aliphatic heterocycles. The number of nitrogens with zero attached hydrogens (tertiary/aromatic N) is 9. The van der Waals surface area contributed by atoms with E-state index in [-0.39, 0.29) is 14.9 Å². The average molecular weight is 654 g/mol. The molecule has 6 aromatic rings. The van der Waals surface area contributed by atoms with Gasteiger partial charge in [0.25, 0.3) is 0 Å². The molecule has 0 bridgehead atoms. The molecule has 0 radical (unpaired) electrons. The lowest BCUT2D eigenvalue weighted by molar-refractivity contribution is 0.112. The first-order valence-electron chi connectivity index (χ1n) is 15.1. The smallest absolute Gasteiger partial charge is 0.218 e. The Bertz CT molecular complexity index is 2210. The molecule has 10 nitrogen and oxygen atoms in total. The molecule has 0 saturated carbocycles. The lowest BCUT2D eigenvalue weighted by Crippen LogP contribution is -1.99. The van der Waals surface area contributed by atoms with Crippen molar-refractivity contribution in [1.82, 2.24) is 29.1 Å². The third kappa shape index (κ3) is 8.11. The molecule has 0 fully saturated rings. The van der Waals surface area contributed by atoms with Gasteiger partial charge in [0, 0.05) is 62.1 Å². The maximum absolute atomic E-state index is 11.5. The Morgan fingerprint density at radius 2 is 1.18 bits per heavy atom. The van der Waals surface area contributed by atoms with Crippen LogP contribution in [0.2, 0.25) is 0 Å². The van der Waals surface area contributed by atoms with E-state index in [2.05, 4.69) is 48.7 Å². The zero-order valence-electron chi connectivity index (χ0n) is 27.2. The van der Waals surface area contributed by atoms with E-state index >= 15 is 0 Å². The number of imidazole rings is 2. The van der Waals surface area contributed by atoms with Crippen molar-refractivity contribution in [3.63, 3.8) is 0 Å². The van der Waals surface area contributed by atoms with Crippen LogP contribution in [0.5, 0.6) is 0 Å². The lowest BCUT2D eigenvalue weighted by atomic mass is 9.99. The number of fused-ring (bicyclic) bond motifs is 2. The van der Waals surface area contributed by atoms with E-state index in [9.17, 15) is 4.79 Å². The molecule has 0 unspecified atom stereocenters.